The smallest absolute Gasteiger partial charge is 0.357 e. The number of hydrogen-bond acceptors (Lipinski definition) is 5. The molecule has 2 aromatic rings. The minimum Gasteiger partial charge on any atom is -0.472 e. The van der Waals surface area contributed by atoms with E-state index in [1.54, 1.807) is 26.2 Å². The van der Waals surface area contributed by atoms with Gasteiger partial charge in [0.05, 0.1) is 13.2 Å². The molecule has 0 aliphatic carbocycles. The van der Waals surface area contributed by atoms with Crippen molar-refractivity contribution in [2.24, 2.45) is 0 Å². The van der Waals surface area contributed by atoms with Crippen molar-refractivity contribution in [2.75, 3.05) is 20.3 Å². The maximum atomic E-state index is 14.8. The summed E-state index contributed by atoms with van der Waals surface area (Å²) in [6.07, 6.45) is 2.02. The number of hydrogen-bond donors (Lipinski definition) is 0. The molecule has 6 heteroatoms. The topological polar surface area (TPSA) is 57.7 Å². The summed E-state index contributed by atoms with van der Waals surface area (Å²) in [5.41, 5.74) is 2.90. The zero-order chi connectivity index (χ0) is 19.4. The Morgan fingerprint density at radius 2 is 2.11 bits per heavy atom. The van der Waals surface area contributed by atoms with Crippen LogP contribution in [0.15, 0.2) is 24.3 Å². The molecule has 1 unspecified atom stereocenters. The molecule has 27 heavy (non-hydrogen) atoms. The predicted molar refractivity (Wildman–Crippen MR) is 99.6 cm³/mol. The Bertz CT molecular complexity index is 837. The Hall–Kier alpha value is -2.47. The average Bonchev–Trinajstić information content (AvgIpc) is 2.67. The molecule has 1 aliphatic rings. The van der Waals surface area contributed by atoms with Crippen molar-refractivity contribution in [3.05, 3.63) is 46.9 Å². The lowest BCUT2D eigenvalue weighted by Gasteiger charge is -2.27. The van der Waals surface area contributed by atoms with E-state index in [0.29, 0.717) is 30.0 Å². The van der Waals surface area contributed by atoms with Crippen molar-refractivity contribution in [3.63, 3.8) is 0 Å². The average molecular weight is 373 g/mol. The normalized spacial score (nSPS) is 15.8. The molecule has 3 rings (SSSR count). The van der Waals surface area contributed by atoms with E-state index in [9.17, 15) is 9.18 Å². The number of ether oxygens (including phenoxy) is 3. The van der Waals surface area contributed by atoms with Crippen LogP contribution >= 0.6 is 0 Å². The Morgan fingerprint density at radius 1 is 1.30 bits per heavy atom. The summed E-state index contributed by atoms with van der Waals surface area (Å²) in [6.45, 7) is 4.37. The van der Waals surface area contributed by atoms with Gasteiger partial charge in [0, 0.05) is 18.2 Å². The molecule has 0 radical (unpaired) electrons. The molecule has 0 saturated heterocycles. The van der Waals surface area contributed by atoms with Crippen molar-refractivity contribution in [3.8, 4) is 17.0 Å². The van der Waals surface area contributed by atoms with E-state index in [0.717, 1.165) is 24.0 Å². The van der Waals surface area contributed by atoms with Gasteiger partial charge in [0.2, 0.25) is 5.88 Å². The number of aromatic nitrogens is 1. The lowest BCUT2D eigenvalue weighted by molar-refractivity contribution is 0.0506. The molecule has 0 N–H and O–H groups in total. The molecule has 2 heterocycles. The van der Waals surface area contributed by atoms with Crippen molar-refractivity contribution < 1.29 is 23.4 Å². The first-order valence-corrected chi connectivity index (χ1v) is 9.22. The first-order valence-electron chi connectivity index (χ1n) is 9.22. The van der Waals surface area contributed by atoms with Gasteiger partial charge >= 0.3 is 5.97 Å². The molecule has 0 spiro atoms. The van der Waals surface area contributed by atoms with Crippen molar-refractivity contribution in [1.82, 2.24) is 4.98 Å². The number of pyridine rings is 1. The van der Waals surface area contributed by atoms with Crippen LogP contribution in [0.5, 0.6) is 5.88 Å². The van der Waals surface area contributed by atoms with Crippen LogP contribution < -0.4 is 4.74 Å². The number of carbonyl (C=O) groups is 1. The number of carbonyl (C=O) groups excluding carboxylic acids is 1. The van der Waals surface area contributed by atoms with Gasteiger partial charge in [-0.25, -0.2) is 14.2 Å². The van der Waals surface area contributed by atoms with E-state index < -0.39 is 5.97 Å². The highest BCUT2D eigenvalue weighted by molar-refractivity contribution is 5.90. The van der Waals surface area contributed by atoms with Crippen LogP contribution in [0.1, 0.15) is 41.9 Å². The highest BCUT2D eigenvalue weighted by Crippen LogP contribution is 2.37. The largest absolute Gasteiger partial charge is 0.472 e. The Labute approximate surface area is 158 Å². The fourth-order valence-corrected chi connectivity index (χ4v) is 3.26. The fourth-order valence-electron chi connectivity index (χ4n) is 3.26. The SMILES string of the molecule is CCOC(=O)c1cc(-c2ccc(CC)cc2F)c2c(n1)OC(COC)CC2. The second kappa shape index (κ2) is 8.48. The van der Waals surface area contributed by atoms with Crippen molar-refractivity contribution >= 4 is 5.97 Å². The molecule has 0 saturated carbocycles. The zero-order valence-corrected chi connectivity index (χ0v) is 15.9. The molecule has 0 amide bonds. The Morgan fingerprint density at radius 3 is 2.78 bits per heavy atom. The van der Waals surface area contributed by atoms with E-state index in [-0.39, 0.29) is 24.2 Å². The van der Waals surface area contributed by atoms with Crippen LogP contribution in [0.4, 0.5) is 4.39 Å². The summed E-state index contributed by atoms with van der Waals surface area (Å²) in [6, 6.07) is 6.77. The number of aryl methyl sites for hydroxylation is 1. The van der Waals surface area contributed by atoms with Crippen molar-refractivity contribution in [1.29, 1.82) is 0 Å². The lowest BCUT2D eigenvalue weighted by Crippen LogP contribution is -2.28. The summed E-state index contributed by atoms with van der Waals surface area (Å²) < 4.78 is 30.9. The third-order valence-electron chi connectivity index (χ3n) is 4.65. The lowest BCUT2D eigenvalue weighted by atomic mass is 9.93. The number of methoxy groups -OCH3 is 1. The second-order valence-electron chi connectivity index (χ2n) is 6.46. The summed E-state index contributed by atoms with van der Waals surface area (Å²) in [5.74, 6) is -0.524. The summed E-state index contributed by atoms with van der Waals surface area (Å²) >= 11 is 0. The van der Waals surface area contributed by atoms with Crippen LogP contribution in [0.2, 0.25) is 0 Å². The predicted octanol–water partition coefficient (Wildman–Crippen LogP) is 3.97. The number of nitrogens with zero attached hydrogens (tertiary/aromatic N) is 1. The molecule has 1 aromatic heterocycles. The number of esters is 1. The Kier molecular flexibility index (Phi) is 6.06. The first-order chi connectivity index (χ1) is 13.1. The third kappa shape index (κ3) is 4.11. The standard InChI is InChI=1S/C21H24FNO4/c1-4-13-6-8-15(18(22)10-13)17-11-19(21(24)26-5-2)23-20-16(17)9-7-14(27-20)12-25-3/h6,8,10-11,14H,4-5,7,9,12H2,1-3H3. The molecule has 0 fully saturated rings. The maximum absolute atomic E-state index is 14.8. The van der Waals surface area contributed by atoms with E-state index in [2.05, 4.69) is 4.98 Å². The maximum Gasteiger partial charge on any atom is 0.357 e. The molecule has 1 atom stereocenters. The van der Waals surface area contributed by atoms with E-state index in [1.807, 2.05) is 13.0 Å². The van der Waals surface area contributed by atoms with Gasteiger partial charge in [-0.1, -0.05) is 19.1 Å². The van der Waals surface area contributed by atoms with E-state index >= 15 is 0 Å². The molecule has 1 aromatic carbocycles. The molecule has 144 valence electrons. The van der Waals surface area contributed by atoms with Gasteiger partial charge in [-0.3, -0.25) is 0 Å². The molecular weight excluding hydrogens is 349 g/mol. The van der Waals surface area contributed by atoms with Gasteiger partial charge in [0.1, 0.15) is 11.9 Å². The van der Waals surface area contributed by atoms with Gasteiger partial charge in [0.15, 0.2) is 5.69 Å². The number of fused-ring (bicyclic) bond motifs is 1. The van der Waals surface area contributed by atoms with Gasteiger partial charge < -0.3 is 14.2 Å². The van der Waals surface area contributed by atoms with Crippen LogP contribution in [-0.2, 0) is 22.3 Å². The fraction of sp³-hybridized carbons (Fsp3) is 0.429. The quantitative estimate of drug-likeness (QED) is 0.717. The number of rotatable bonds is 6. The monoisotopic (exact) mass is 373 g/mol. The molecular formula is C21H24FNO4. The van der Waals surface area contributed by atoms with Gasteiger partial charge in [-0.2, -0.15) is 0 Å². The molecule has 0 bridgehead atoms. The minimum absolute atomic E-state index is 0.114. The van der Waals surface area contributed by atoms with Gasteiger partial charge in [0.25, 0.3) is 0 Å². The van der Waals surface area contributed by atoms with Gasteiger partial charge in [-0.05, 0) is 49.4 Å². The highest BCUT2D eigenvalue weighted by Gasteiger charge is 2.27. The molecule has 5 nitrogen and oxygen atoms in total. The summed E-state index contributed by atoms with van der Waals surface area (Å²) in [4.78, 5) is 16.6. The second-order valence-corrected chi connectivity index (χ2v) is 6.46. The van der Waals surface area contributed by atoms with E-state index in [1.165, 1.54) is 6.07 Å². The first kappa shape index (κ1) is 19.3. The van der Waals surface area contributed by atoms with Gasteiger partial charge in [-0.15, -0.1) is 0 Å². The van der Waals surface area contributed by atoms with Crippen LogP contribution in [0.25, 0.3) is 11.1 Å². The minimum atomic E-state index is -0.551. The van der Waals surface area contributed by atoms with Crippen LogP contribution in [0, 0.1) is 5.82 Å². The summed E-state index contributed by atoms with van der Waals surface area (Å²) in [7, 11) is 1.61. The summed E-state index contributed by atoms with van der Waals surface area (Å²) in [5, 5.41) is 0. The van der Waals surface area contributed by atoms with Crippen LogP contribution in [0.3, 0.4) is 0 Å². The molecule has 1 aliphatic heterocycles. The van der Waals surface area contributed by atoms with Crippen molar-refractivity contribution in [2.45, 2.75) is 39.2 Å². The third-order valence-corrected chi connectivity index (χ3v) is 4.65. The highest BCUT2D eigenvalue weighted by atomic mass is 19.1. The van der Waals surface area contributed by atoms with E-state index in [4.69, 9.17) is 14.2 Å². The number of halogens is 1. The Balaban J connectivity index is 2.10. The van der Waals surface area contributed by atoms with Crippen LogP contribution in [-0.4, -0.2) is 37.4 Å². The zero-order valence-electron chi connectivity index (χ0n) is 15.9. The number of benzene rings is 1.